The van der Waals surface area contributed by atoms with Crippen molar-refractivity contribution >= 4 is 23.4 Å². The lowest BCUT2D eigenvalue weighted by Gasteiger charge is -2.47. The van der Waals surface area contributed by atoms with Crippen LogP contribution in [-0.4, -0.2) is 52.7 Å². The predicted molar refractivity (Wildman–Crippen MR) is 115 cm³/mol. The smallest absolute Gasteiger partial charge is 0.340 e. The van der Waals surface area contributed by atoms with Gasteiger partial charge in [0.2, 0.25) is 11.8 Å². The van der Waals surface area contributed by atoms with Gasteiger partial charge in [0.05, 0.1) is 29.4 Å². The molecule has 3 amide bonds. The molecule has 0 N–H and O–H groups in total. The lowest BCUT2D eigenvalue weighted by molar-refractivity contribution is -0.151. The molecular formula is C24H20F4N4O3. The number of nitrogens with zero attached hydrogens (tertiary/aromatic N) is 4. The molecule has 0 radical (unpaired) electrons. The number of carbonyl (C=O) groups excluding carboxylic acids is 3. The van der Waals surface area contributed by atoms with E-state index in [2.05, 4.69) is 0 Å². The van der Waals surface area contributed by atoms with E-state index in [9.17, 15) is 31.9 Å². The topological polar surface area (TPSA) is 84.7 Å². The van der Waals surface area contributed by atoms with Crippen LogP contribution in [0, 0.1) is 17.1 Å². The molecule has 2 aliphatic rings. The van der Waals surface area contributed by atoms with Gasteiger partial charge < -0.3 is 9.80 Å². The Bertz CT molecular complexity index is 1240. The Morgan fingerprint density at radius 1 is 1.14 bits per heavy atom. The maximum Gasteiger partial charge on any atom is 0.416 e. The summed E-state index contributed by atoms with van der Waals surface area (Å²) in [5, 5.41) is 8.98. The minimum absolute atomic E-state index is 0.0456. The van der Waals surface area contributed by atoms with Crippen LogP contribution < -0.4 is 4.90 Å². The Kier molecular flexibility index (Phi) is 6.00. The maximum absolute atomic E-state index is 14.8. The summed E-state index contributed by atoms with van der Waals surface area (Å²) in [5.41, 5.74) is -2.10. The van der Waals surface area contributed by atoms with Crippen LogP contribution in [-0.2, 0) is 27.1 Å². The van der Waals surface area contributed by atoms with Gasteiger partial charge in [0.25, 0.3) is 5.91 Å². The molecule has 0 aromatic heterocycles. The first-order valence-corrected chi connectivity index (χ1v) is 10.7. The first-order valence-electron chi connectivity index (χ1n) is 10.7. The number of hydrogen-bond acceptors (Lipinski definition) is 4. The van der Waals surface area contributed by atoms with E-state index in [1.54, 1.807) is 6.07 Å². The summed E-state index contributed by atoms with van der Waals surface area (Å²) in [6, 6.07) is 9.60. The van der Waals surface area contributed by atoms with Crippen molar-refractivity contribution in [2.24, 2.45) is 0 Å². The molecule has 1 spiro atoms. The number of rotatable bonds is 3. The number of amides is 3. The van der Waals surface area contributed by atoms with E-state index in [0.29, 0.717) is 5.56 Å². The number of piperazine rings is 1. The summed E-state index contributed by atoms with van der Waals surface area (Å²) in [6.45, 7) is 0.734. The van der Waals surface area contributed by atoms with Gasteiger partial charge in [-0.3, -0.25) is 19.3 Å². The third-order valence-corrected chi connectivity index (χ3v) is 6.44. The van der Waals surface area contributed by atoms with Crippen molar-refractivity contribution < 1.29 is 31.9 Å². The lowest BCUT2D eigenvalue weighted by atomic mass is 9.89. The van der Waals surface area contributed by atoms with Crippen LogP contribution in [0.5, 0.6) is 0 Å². The van der Waals surface area contributed by atoms with Crippen LogP contribution in [0.25, 0.3) is 0 Å². The van der Waals surface area contributed by atoms with Crippen molar-refractivity contribution in [1.29, 1.82) is 5.26 Å². The van der Waals surface area contributed by atoms with Crippen molar-refractivity contribution in [3.8, 4) is 6.07 Å². The zero-order valence-electron chi connectivity index (χ0n) is 18.6. The van der Waals surface area contributed by atoms with E-state index in [1.807, 2.05) is 0 Å². The number of carbonyl (C=O) groups is 3. The van der Waals surface area contributed by atoms with Gasteiger partial charge in [-0.25, -0.2) is 4.39 Å². The van der Waals surface area contributed by atoms with Gasteiger partial charge in [-0.05, 0) is 42.3 Å². The molecular weight excluding hydrogens is 468 g/mol. The minimum atomic E-state index is -4.52. The van der Waals surface area contributed by atoms with Gasteiger partial charge in [0.15, 0.2) is 0 Å². The van der Waals surface area contributed by atoms with Crippen molar-refractivity contribution in [3.63, 3.8) is 0 Å². The van der Waals surface area contributed by atoms with Crippen molar-refractivity contribution in [2.75, 3.05) is 24.5 Å². The number of alkyl halides is 3. The summed E-state index contributed by atoms with van der Waals surface area (Å²) < 4.78 is 53.6. The third-order valence-electron chi connectivity index (χ3n) is 6.44. The predicted octanol–water partition coefficient (Wildman–Crippen LogP) is 3.08. The van der Waals surface area contributed by atoms with Gasteiger partial charge >= 0.3 is 6.18 Å². The van der Waals surface area contributed by atoms with Gasteiger partial charge in [0, 0.05) is 20.0 Å². The van der Waals surface area contributed by atoms with E-state index < -0.39 is 41.5 Å². The highest BCUT2D eigenvalue weighted by Gasteiger charge is 2.57. The van der Waals surface area contributed by atoms with Crippen LogP contribution in [0.2, 0.25) is 0 Å². The molecule has 0 bridgehead atoms. The molecule has 35 heavy (non-hydrogen) atoms. The molecule has 182 valence electrons. The first-order chi connectivity index (χ1) is 16.5. The Labute approximate surface area is 198 Å². The molecule has 2 aromatic rings. The van der Waals surface area contributed by atoms with Gasteiger partial charge in [-0.15, -0.1) is 0 Å². The van der Waals surface area contributed by atoms with Gasteiger partial charge in [-0.2, -0.15) is 18.4 Å². The second-order valence-electron chi connectivity index (χ2n) is 8.57. The van der Waals surface area contributed by atoms with Crippen molar-refractivity contribution in [2.45, 2.75) is 31.6 Å². The Morgan fingerprint density at radius 2 is 1.83 bits per heavy atom. The molecule has 0 saturated carbocycles. The molecule has 7 nitrogen and oxygen atoms in total. The van der Waals surface area contributed by atoms with Gasteiger partial charge in [0.1, 0.15) is 17.9 Å². The fraction of sp³-hybridized carbons (Fsp3) is 0.333. The number of halogens is 4. The molecule has 0 aliphatic carbocycles. The average molecular weight is 488 g/mol. The summed E-state index contributed by atoms with van der Waals surface area (Å²) in [6.07, 6.45) is -4.43. The molecule has 0 unspecified atom stereocenters. The first kappa shape index (κ1) is 24.2. The van der Waals surface area contributed by atoms with Gasteiger partial charge in [-0.1, -0.05) is 12.1 Å². The fourth-order valence-corrected chi connectivity index (χ4v) is 4.57. The number of nitriles is 1. The molecule has 2 aliphatic heterocycles. The molecule has 2 saturated heterocycles. The molecule has 1 atom stereocenters. The van der Waals surface area contributed by atoms with Crippen LogP contribution in [0.3, 0.4) is 0 Å². The maximum atomic E-state index is 14.8. The highest BCUT2D eigenvalue weighted by Crippen LogP contribution is 2.38. The van der Waals surface area contributed by atoms with E-state index in [1.165, 1.54) is 41.0 Å². The highest BCUT2D eigenvalue weighted by molar-refractivity contribution is 6.10. The average Bonchev–Trinajstić information content (AvgIpc) is 3.26. The van der Waals surface area contributed by atoms with E-state index in [4.69, 9.17) is 5.26 Å². The second kappa shape index (κ2) is 8.69. The Morgan fingerprint density at radius 3 is 2.37 bits per heavy atom. The molecule has 2 heterocycles. The molecule has 11 heteroatoms. The normalized spacial score (nSPS) is 20.5. The molecule has 4 rings (SSSR count). The molecule has 2 aromatic carbocycles. The standard InChI is InChI=1S/C24H20F4N4O3/c1-15(33)30-9-8-23(14-30)22(35)31(20-7-4-17(11-29)10-19(20)25)13-21(34)32(23)12-16-2-5-18(6-3-16)24(26,27)28/h2-7,10H,8-9,12-14H2,1H3/t23-/m1/s1. The number of benzene rings is 2. The Balaban J connectivity index is 1.71. The monoisotopic (exact) mass is 488 g/mol. The van der Waals surface area contributed by atoms with Crippen LogP contribution in [0.1, 0.15) is 30.0 Å². The number of likely N-dealkylation sites (tertiary alicyclic amines) is 1. The summed E-state index contributed by atoms with van der Waals surface area (Å²) >= 11 is 0. The van der Waals surface area contributed by atoms with E-state index in [-0.39, 0.29) is 43.2 Å². The fourth-order valence-electron chi connectivity index (χ4n) is 4.57. The largest absolute Gasteiger partial charge is 0.416 e. The Hall–Kier alpha value is -3.94. The lowest BCUT2D eigenvalue weighted by Crippen LogP contribution is -2.69. The summed E-state index contributed by atoms with van der Waals surface area (Å²) in [7, 11) is 0. The zero-order chi connectivity index (χ0) is 25.5. The highest BCUT2D eigenvalue weighted by atomic mass is 19.4. The third kappa shape index (κ3) is 4.32. The van der Waals surface area contributed by atoms with Crippen LogP contribution in [0.4, 0.5) is 23.2 Å². The van der Waals surface area contributed by atoms with E-state index >= 15 is 0 Å². The van der Waals surface area contributed by atoms with Crippen molar-refractivity contribution in [3.05, 3.63) is 65.0 Å². The number of hydrogen-bond donors (Lipinski definition) is 0. The number of anilines is 1. The minimum Gasteiger partial charge on any atom is -0.340 e. The quantitative estimate of drug-likeness (QED) is 0.622. The van der Waals surface area contributed by atoms with Crippen molar-refractivity contribution in [1.82, 2.24) is 9.80 Å². The molecule has 2 fully saturated rings. The van der Waals surface area contributed by atoms with Crippen LogP contribution >= 0.6 is 0 Å². The summed E-state index contributed by atoms with van der Waals surface area (Å²) in [5.74, 6) is -2.30. The zero-order valence-corrected chi connectivity index (χ0v) is 18.6. The SMILES string of the molecule is CC(=O)N1CC[C@@]2(C1)C(=O)N(c1ccc(C#N)cc1F)CC(=O)N2Cc1ccc(C(F)(F)F)cc1. The second-order valence-corrected chi connectivity index (χ2v) is 8.57. The summed E-state index contributed by atoms with van der Waals surface area (Å²) in [4.78, 5) is 42.8. The van der Waals surface area contributed by atoms with Crippen LogP contribution in [0.15, 0.2) is 42.5 Å². The van der Waals surface area contributed by atoms with E-state index in [0.717, 1.165) is 23.1 Å².